The van der Waals surface area contributed by atoms with Crippen molar-refractivity contribution in [2.45, 2.75) is 0 Å². The van der Waals surface area contributed by atoms with Gasteiger partial charge in [-0.1, -0.05) is 0 Å². The number of hydrogen-bond acceptors (Lipinski definition) is 5. The van der Waals surface area contributed by atoms with E-state index in [0.29, 0.717) is 0 Å². The van der Waals surface area contributed by atoms with Crippen LogP contribution < -0.4 is 10.5 Å². The van der Waals surface area contributed by atoms with E-state index in [-0.39, 0.29) is 24.6 Å². The van der Waals surface area contributed by atoms with Gasteiger partial charge in [-0.2, -0.15) is 0 Å². The van der Waals surface area contributed by atoms with Gasteiger partial charge in [0.25, 0.3) is 0 Å². The first kappa shape index (κ1) is 12.8. The topological polar surface area (TPSA) is 106 Å². The summed E-state index contributed by atoms with van der Waals surface area (Å²) in [5, 5.41) is 0. The third-order valence-electron chi connectivity index (χ3n) is 1.18. The first-order valence-electron chi connectivity index (χ1n) is 3.62. The van der Waals surface area contributed by atoms with E-state index in [9.17, 15) is 16.8 Å². The zero-order valence-electron chi connectivity index (χ0n) is 7.36. The van der Waals surface area contributed by atoms with Crippen molar-refractivity contribution in [2.24, 2.45) is 5.73 Å². The van der Waals surface area contributed by atoms with Gasteiger partial charge in [0, 0.05) is 19.3 Å². The Hall–Kier alpha value is -0.180. The van der Waals surface area contributed by atoms with Gasteiger partial charge in [-0.25, -0.2) is 21.6 Å². The summed E-state index contributed by atoms with van der Waals surface area (Å²) in [4.78, 5) is 0. The highest BCUT2D eigenvalue weighted by Crippen LogP contribution is 1.84. The monoisotopic (exact) mass is 230 g/mol. The van der Waals surface area contributed by atoms with Crippen LogP contribution >= 0.6 is 0 Å². The van der Waals surface area contributed by atoms with Crippen molar-refractivity contribution in [3.8, 4) is 0 Å². The van der Waals surface area contributed by atoms with Crippen LogP contribution in [0.25, 0.3) is 0 Å². The largest absolute Gasteiger partial charge is 0.329 e. The van der Waals surface area contributed by atoms with Crippen LogP contribution in [0, 0.1) is 0 Å². The molecule has 6 nitrogen and oxygen atoms in total. The minimum Gasteiger partial charge on any atom is -0.329 e. The van der Waals surface area contributed by atoms with Crippen molar-refractivity contribution >= 4 is 19.9 Å². The van der Waals surface area contributed by atoms with Gasteiger partial charge in [-0.3, -0.25) is 0 Å². The molecule has 0 fully saturated rings. The van der Waals surface area contributed by atoms with Gasteiger partial charge in [0.05, 0.1) is 11.5 Å². The molecule has 3 N–H and O–H groups in total. The van der Waals surface area contributed by atoms with Crippen molar-refractivity contribution in [2.75, 3.05) is 30.9 Å². The molecular weight excluding hydrogens is 216 g/mol. The second kappa shape index (κ2) is 4.89. The highest BCUT2D eigenvalue weighted by atomic mass is 32.2. The number of nitrogens with two attached hydrogens (primary N) is 1. The summed E-state index contributed by atoms with van der Waals surface area (Å²) in [5.74, 6) is -0.381. The average molecular weight is 230 g/mol. The van der Waals surface area contributed by atoms with Crippen molar-refractivity contribution in [1.29, 1.82) is 0 Å². The maximum atomic E-state index is 10.9. The van der Waals surface area contributed by atoms with Crippen LogP contribution in [0.15, 0.2) is 0 Å². The Kier molecular flexibility index (Phi) is 4.82. The van der Waals surface area contributed by atoms with E-state index < -0.39 is 19.9 Å². The predicted octanol–water partition coefficient (Wildman–Crippen LogP) is -2.09. The quantitative estimate of drug-likeness (QED) is 0.544. The summed E-state index contributed by atoms with van der Waals surface area (Å²) in [6, 6.07) is 0. The first-order chi connectivity index (χ1) is 5.77. The van der Waals surface area contributed by atoms with Gasteiger partial charge >= 0.3 is 0 Å². The zero-order valence-corrected chi connectivity index (χ0v) is 8.99. The smallest absolute Gasteiger partial charge is 0.212 e. The maximum absolute atomic E-state index is 10.9. The molecule has 0 amide bonds. The van der Waals surface area contributed by atoms with E-state index >= 15 is 0 Å². The highest BCUT2D eigenvalue weighted by molar-refractivity contribution is 7.91. The lowest BCUT2D eigenvalue weighted by Crippen LogP contribution is -2.33. The summed E-state index contributed by atoms with van der Waals surface area (Å²) in [7, 11) is -6.51. The van der Waals surface area contributed by atoms with E-state index in [0.717, 1.165) is 6.26 Å². The lowest BCUT2D eigenvalue weighted by Gasteiger charge is -2.03. The third-order valence-corrected chi connectivity index (χ3v) is 3.54. The fraction of sp³-hybridized carbons (Fsp3) is 1.00. The first-order valence-corrected chi connectivity index (χ1v) is 7.33. The van der Waals surface area contributed by atoms with Crippen molar-refractivity contribution in [3.05, 3.63) is 0 Å². The number of rotatable bonds is 6. The van der Waals surface area contributed by atoms with E-state index in [2.05, 4.69) is 4.72 Å². The Balaban J connectivity index is 3.91. The van der Waals surface area contributed by atoms with Gasteiger partial charge in [-0.05, 0) is 0 Å². The molecular formula is C5H14N2O4S2. The van der Waals surface area contributed by atoms with Crippen LogP contribution in [0.3, 0.4) is 0 Å². The van der Waals surface area contributed by atoms with Gasteiger partial charge < -0.3 is 5.73 Å². The van der Waals surface area contributed by atoms with Crippen molar-refractivity contribution < 1.29 is 16.8 Å². The third kappa shape index (κ3) is 8.16. The molecule has 13 heavy (non-hydrogen) atoms. The Morgan fingerprint density at radius 2 is 1.69 bits per heavy atom. The summed E-state index contributed by atoms with van der Waals surface area (Å²) >= 11 is 0. The molecule has 8 heteroatoms. The fourth-order valence-electron chi connectivity index (χ4n) is 0.610. The average Bonchev–Trinajstić information content (AvgIpc) is 1.82. The standard InChI is InChI=1S/C5H14N2O4S2/c1-12(8,9)5-3-7-13(10,11)4-2-6/h7H,2-6H2,1H3. The molecule has 0 aromatic carbocycles. The zero-order chi connectivity index (χ0) is 10.5. The van der Waals surface area contributed by atoms with Gasteiger partial charge in [0.15, 0.2) is 0 Å². The molecule has 0 aromatic heterocycles. The summed E-state index contributed by atoms with van der Waals surface area (Å²) in [5.41, 5.74) is 5.03. The molecule has 80 valence electrons. The summed E-state index contributed by atoms with van der Waals surface area (Å²) in [6.07, 6.45) is 1.05. The molecule has 0 rings (SSSR count). The van der Waals surface area contributed by atoms with Crippen LogP contribution in [0.4, 0.5) is 0 Å². The fourth-order valence-corrected chi connectivity index (χ4v) is 2.08. The lowest BCUT2D eigenvalue weighted by molar-refractivity contribution is 0.582. The van der Waals surface area contributed by atoms with Gasteiger partial charge in [-0.15, -0.1) is 0 Å². The Morgan fingerprint density at radius 3 is 2.08 bits per heavy atom. The molecule has 0 aliphatic heterocycles. The number of sulfonamides is 1. The Morgan fingerprint density at radius 1 is 1.15 bits per heavy atom. The van der Waals surface area contributed by atoms with Crippen molar-refractivity contribution in [1.82, 2.24) is 4.72 Å². The molecule has 0 radical (unpaired) electrons. The summed E-state index contributed by atoms with van der Waals surface area (Å²) < 4.78 is 45.2. The van der Waals surface area contributed by atoms with Crippen LogP contribution in [0.5, 0.6) is 0 Å². The van der Waals surface area contributed by atoms with E-state index in [1.807, 2.05) is 0 Å². The molecule has 0 atom stereocenters. The molecule has 0 saturated carbocycles. The molecule has 0 aromatic rings. The summed E-state index contributed by atoms with van der Waals surface area (Å²) in [6.45, 7) is -0.0740. The normalized spacial score (nSPS) is 13.1. The second-order valence-electron chi connectivity index (χ2n) is 2.63. The minimum atomic E-state index is -3.39. The molecule has 0 aliphatic rings. The van der Waals surface area contributed by atoms with Crippen LogP contribution in [-0.4, -0.2) is 47.7 Å². The minimum absolute atomic E-state index is 0.0220. The molecule has 0 saturated heterocycles. The highest BCUT2D eigenvalue weighted by Gasteiger charge is 2.09. The van der Waals surface area contributed by atoms with Crippen LogP contribution in [0.2, 0.25) is 0 Å². The van der Waals surface area contributed by atoms with Crippen LogP contribution in [-0.2, 0) is 19.9 Å². The molecule has 0 heterocycles. The predicted molar refractivity (Wildman–Crippen MR) is 50.6 cm³/mol. The molecule has 0 bridgehead atoms. The lowest BCUT2D eigenvalue weighted by atomic mass is 10.8. The SMILES string of the molecule is CS(=O)(=O)CCNS(=O)(=O)CCN. The van der Waals surface area contributed by atoms with Gasteiger partial charge in [0.1, 0.15) is 9.84 Å². The Labute approximate surface area is 78.5 Å². The second-order valence-corrected chi connectivity index (χ2v) is 6.82. The van der Waals surface area contributed by atoms with Crippen LogP contribution in [0.1, 0.15) is 0 Å². The maximum Gasteiger partial charge on any atom is 0.212 e. The number of sulfone groups is 1. The van der Waals surface area contributed by atoms with Crippen molar-refractivity contribution in [3.63, 3.8) is 0 Å². The van der Waals surface area contributed by atoms with E-state index in [1.54, 1.807) is 0 Å². The molecule has 0 unspecified atom stereocenters. The van der Waals surface area contributed by atoms with E-state index in [1.165, 1.54) is 0 Å². The number of hydrogen-bond donors (Lipinski definition) is 2. The Bertz CT molecular complexity index is 332. The van der Waals surface area contributed by atoms with E-state index in [4.69, 9.17) is 5.73 Å². The van der Waals surface area contributed by atoms with Gasteiger partial charge in [0.2, 0.25) is 10.0 Å². The molecule has 0 spiro atoms. The molecule has 0 aliphatic carbocycles. The number of nitrogens with one attached hydrogen (secondary N) is 1.